The van der Waals surface area contributed by atoms with Gasteiger partial charge in [0.15, 0.2) is 0 Å². The molecule has 3 nitrogen and oxygen atoms in total. The number of benzene rings is 1. The first-order valence-electron chi connectivity index (χ1n) is 6.69. The van der Waals surface area contributed by atoms with Gasteiger partial charge >= 0.3 is 0 Å². The molecule has 1 aromatic carbocycles. The molecule has 0 amide bonds. The summed E-state index contributed by atoms with van der Waals surface area (Å²) in [5, 5.41) is 2.39. The summed E-state index contributed by atoms with van der Waals surface area (Å²) in [5.41, 5.74) is 1.19. The summed E-state index contributed by atoms with van der Waals surface area (Å²) < 4.78 is 11.6. The Bertz CT molecular complexity index is 417. The second-order valence-electron chi connectivity index (χ2n) is 4.74. The minimum absolute atomic E-state index is 0.175. The van der Waals surface area contributed by atoms with Gasteiger partial charge in [-0.15, -0.1) is 0 Å². The fraction of sp³-hybridized carbons (Fsp3) is 0.533. The van der Waals surface area contributed by atoms with E-state index in [1.54, 1.807) is 0 Å². The summed E-state index contributed by atoms with van der Waals surface area (Å²) in [5.74, 6) is 0. The second-order valence-corrected chi connectivity index (χ2v) is 4.93. The smallest absolute Gasteiger partial charge is 0.0813 e. The first-order chi connectivity index (χ1) is 9.38. The molecule has 1 unspecified atom stereocenters. The van der Waals surface area contributed by atoms with Crippen LogP contribution in [0.25, 0.3) is 0 Å². The van der Waals surface area contributed by atoms with Crippen molar-refractivity contribution in [3.8, 4) is 0 Å². The van der Waals surface area contributed by atoms with Crippen molar-refractivity contribution in [1.82, 2.24) is 0 Å². The van der Waals surface area contributed by atoms with Gasteiger partial charge in [-0.2, -0.15) is 0 Å². The van der Waals surface area contributed by atoms with E-state index in [1.165, 1.54) is 5.56 Å². The maximum Gasteiger partial charge on any atom is 0.0813 e. The van der Waals surface area contributed by atoms with Crippen LogP contribution in [0, 0.1) is 0 Å². The van der Waals surface area contributed by atoms with Crippen molar-refractivity contribution in [1.29, 1.82) is 0 Å². The minimum atomic E-state index is 0.175. The quantitative estimate of drug-likeness (QED) is 0.591. The first-order valence-corrected chi connectivity index (χ1v) is 7.10. The summed E-state index contributed by atoms with van der Waals surface area (Å²) in [6, 6.07) is 10.2. The second kappa shape index (κ2) is 8.18. The fourth-order valence-electron chi connectivity index (χ4n) is 2.26. The molecule has 0 aromatic heterocycles. The Morgan fingerprint density at radius 1 is 1.26 bits per heavy atom. The van der Waals surface area contributed by atoms with E-state index < -0.39 is 0 Å². The van der Waals surface area contributed by atoms with Crippen LogP contribution in [0.15, 0.2) is 35.3 Å². The Morgan fingerprint density at radius 3 is 2.84 bits per heavy atom. The maximum absolute atomic E-state index is 5.92. The van der Waals surface area contributed by atoms with Crippen LogP contribution in [0.3, 0.4) is 0 Å². The highest BCUT2D eigenvalue weighted by molar-refractivity contribution is 7.78. The number of hydrogen-bond donors (Lipinski definition) is 0. The van der Waals surface area contributed by atoms with Crippen molar-refractivity contribution in [2.24, 2.45) is 4.99 Å². The molecule has 0 bridgehead atoms. The lowest BCUT2D eigenvalue weighted by atomic mass is 10.0. The van der Waals surface area contributed by atoms with Gasteiger partial charge in [-0.25, -0.2) is 4.99 Å². The van der Waals surface area contributed by atoms with Crippen LogP contribution in [-0.4, -0.2) is 30.5 Å². The molecule has 1 aliphatic heterocycles. The Hall–Kier alpha value is -1.06. The number of hydrogen-bond acceptors (Lipinski definition) is 4. The van der Waals surface area contributed by atoms with E-state index in [4.69, 9.17) is 9.47 Å². The molecule has 4 heteroatoms. The van der Waals surface area contributed by atoms with E-state index in [9.17, 15) is 0 Å². The average molecular weight is 277 g/mol. The molecule has 1 aliphatic rings. The average Bonchev–Trinajstić information content (AvgIpc) is 2.47. The molecule has 2 atom stereocenters. The Morgan fingerprint density at radius 2 is 2.05 bits per heavy atom. The van der Waals surface area contributed by atoms with Crippen molar-refractivity contribution in [2.45, 2.75) is 38.1 Å². The number of nitrogens with zero attached hydrogens (tertiary/aromatic N) is 1. The van der Waals surface area contributed by atoms with E-state index >= 15 is 0 Å². The van der Waals surface area contributed by atoms with Gasteiger partial charge < -0.3 is 9.47 Å². The predicted octanol–water partition coefficient (Wildman–Crippen LogP) is 3.24. The van der Waals surface area contributed by atoms with Crippen LogP contribution < -0.4 is 0 Å². The fourth-order valence-corrected chi connectivity index (χ4v) is 2.33. The van der Waals surface area contributed by atoms with Crippen molar-refractivity contribution in [3.63, 3.8) is 0 Å². The summed E-state index contributed by atoms with van der Waals surface area (Å²) in [6.07, 6.45) is 3.64. The van der Waals surface area contributed by atoms with Gasteiger partial charge in [0.1, 0.15) is 0 Å². The zero-order valence-corrected chi connectivity index (χ0v) is 11.8. The molecular formula is C15H19NO2S. The van der Waals surface area contributed by atoms with Gasteiger partial charge in [-0.1, -0.05) is 30.3 Å². The Kier molecular flexibility index (Phi) is 6.18. The van der Waals surface area contributed by atoms with Crippen LogP contribution in [0.4, 0.5) is 0 Å². The molecular weight excluding hydrogens is 258 g/mol. The van der Waals surface area contributed by atoms with Gasteiger partial charge in [-0.3, -0.25) is 0 Å². The number of aliphatic imine (C=N–C) groups is 1. The summed E-state index contributed by atoms with van der Waals surface area (Å²) >= 11 is 4.58. The highest BCUT2D eigenvalue weighted by Gasteiger charge is 2.22. The monoisotopic (exact) mass is 277 g/mol. The van der Waals surface area contributed by atoms with Gasteiger partial charge in [0.2, 0.25) is 0 Å². The third kappa shape index (κ3) is 5.21. The van der Waals surface area contributed by atoms with E-state index in [1.807, 2.05) is 18.2 Å². The zero-order chi connectivity index (χ0) is 13.3. The van der Waals surface area contributed by atoms with Crippen LogP contribution in [0.5, 0.6) is 0 Å². The van der Waals surface area contributed by atoms with Crippen molar-refractivity contribution in [3.05, 3.63) is 35.9 Å². The number of thiocarbonyl (C=S) groups is 1. The SMILES string of the molecule is S=C=NC[C@H]1CCCC(COCc2ccccc2)O1. The summed E-state index contributed by atoms with van der Waals surface area (Å²) in [6.45, 7) is 1.91. The maximum atomic E-state index is 5.92. The molecule has 0 saturated carbocycles. The van der Waals surface area contributed by atoms with Crippen molar-refractivity contribution < 1.29 is 9.47 Å². The lowest BCUT2D eigenvalue weighted by Crippen LogP contribution is -2.32. The Labute approximate surface area is 119 Å². The zero-order valence-electron chi connectivity index (χ0n) is 11.0. The lowest BCUT2D eigenvalue weighted by molar-refractivity contribution is -0.0845. The largest absolute Gasteiger partial charge is 0.374 e. The van der Waals surface area contributed by atoms with Crippen LogP contribution in [-0.2, 0) is 16.1 Å². The minimum Gasteiger partial charge on any atom is -0.374 e. The molecule has 0 aliphatic carbocycles. The van der Waals surface area contributed by atoms with E-state index in [0.717, 1.165) is 19.3 Å². The van der Waals surface area contributed by atoms with E-state index in [0.29, 0.717) is 19.8 Å². The van der Waals surface area contributed by atoms with Crippen LogP contribution in [0.2, 0.25) is 0 Å². The molecule has 1 saturated heterocycles. The molecule has 1 aromatic rings. The third-order valence-corrected chi connectivity index (χ3v) is 3.34. The van der Waals surface area contributed by atoms with Crippen molar-refractivity contribution in [2.75, 3.05) is 13.2 Å². The van der Waals surface area contributed by atoms with E-state index in [-0.39, 0.29) is 12.2 Å². The molecule has 2 rings (SSSR count). The summed E-state index contributed by atoms with van der Waals surface area (Å²) in [7, 11) is 0. The lowest BCUT2D eigenvalue weighted by Gasteiger charge is -2.28. The number of ether oxygens (including phenoxy) is 2. The van der Waals surface area contributed by atoms with Gasteiger partial charge in [-0.05, 0) is 37.0 Å². The standard InChI is InChI=1S/C15H19NO2S/c19-12-16-9-14-7-4-8-15(18-14)11-17-10-13-5-2-1-3-6-13/h1-3,5-6,14-15H,4,7-11H2/t14-,15?/m1/s1. The summed E-state index contributed by atoms with van der Waals surface area (Å²) in [4.78, 5) is 3.96. The van der Waals surface area contributed by atoms with Gasteiger partial charge in [0.05, 0.1) is 37.1 Å². The first kappa shape index (κ1) is 14.4. The topological polar surface area (TPSA) is 30.8 Å². The molecule has 1 fully saturated rings. The Balaban J connectivity index is 1.69. The van der Waals surface area contributed by atoms with Crippen LogP contribution in [0.1, 0.15) is 24.8 Å². The highest BCUT2D eigenvalue weighted by Crippen LogP contribution is 2.19. The van der Waals surface area contributed by atoms with Gasteiger partial charge in [0.25, 0.3) is 0 Å². The molecule has 1 heterocycles. The predicted molar refractivity (Wildman–Crippen MR) is 78.5 cm³/mol. The molecule has 102 valence electrons. The molecule has 19 heavy (non-hydrogen) atoms. The van der Waals surface area contributed by atoms with Crippen LogP contribution >= 0.6 is 12.2 Å². The normalized spacial score (nSPS) is 22.7. The highest BCUT2D eigenvalue weighted by atomic mass is 32.1. The third-order valence-electron chi connectivity index (χ3n) is 3.21. The molecule has 0 spiro atoms. The van der Waals surface area contributed by atoms with E-state index in [2.05, 4.69) is 34.5 Å². The molecule has 0 radical (unpaired) electrons. The van der Waals surface area contributed by atoms with Gasteiger partial charge in [0, 0.05) is 0 Å². The van der Waals surface area contributed by atoms with Crippen molar-refractivity contribution >= 4 is 17.4 Å². The number of isothiocyanates is 1. The number of rotatable bonds is 6. The molecule has 0 N–H and O–H groups in total.